The molecule has 0 aliphatic heterocycles. The largest absolute Gasteiger partial charge is 0.469 e. The van der Waals surface area contributed by atoms with Gasteiger partial charge in [-0.15, -0.1) is 0 Å². The second-order valence-corrected chi connectivity index (χ2v) is 7.23. The molecule has 7 heteroatoms. The lowest BCUT2D eigenvalue weighted by atomic mass is 10.1. The lowest BCUT2D eigenvalue weighted by molar-refractivity contribution is 0.129. The van der Waals surface area contributed by atoms with E-state index in [1.54, 1.807) is 6.08 Å². The highest BCUT2D eigenvalue weighted by atomic mass is 31.2. The van der Waals surface area contributed by atoms with Crippen LogP contribution in [0.15, 0.2) is 12.2 Å². The maximum absolute atomic E-state index is 10.5. The molecular weight excluding hydrogens is 317 g/mol. The number of phosphoric ester groups is 1. The van der Waals surface area contributed by atoms with Gasteiger partial charge in [0.1, 0.15) is 0 Å². The number of rotatable bonds is 15. The quantitative estimate of drug-likeness (QED) is 0.205. The van der Waals surface area contributed by atoms with E-state index in [1.165, 1.54) is 51.4 Å². The minimum atomic E-state index is -4.53. The van der Waals surface area contributed by atoms with Gasteiger partial charge in [-0.25, -0.2) is 4.57 Å². The van der Waals surface area contributed by atoms with Crippen molar-refractivity contribution in [3.63, 3.8) is 0 Å². The zero-order valence-electron chi connectivity index (χ0n) is 14.3. The van der Waals surface area contributed by atoms with Gasteiger partial charge >= 0.3 is 7.82 Å². The third kappa shape index (κ3) is 16.4. The molecule has 0 aromatic heterocycles. The maximum atomic E-state index is 10.5. The van der Waals surface area contributed by atoms with Crippen LogP contribution < -0.4 is 5.73 Å². The Hall–Kier alpha value is -0.230. The average molecular weight is 351 g/mol. The molecule has 0 rings (SSSR count). The molecule has 23 heavy (non-hydrogen) atoms. The average Bonchev–Trinajstić information content (AvgIpc) is 2.49. The second kappa shape index (κ2) is 14.1. The van der Waals surface area contributed by atoms with E-state index in [-0.39, 0.29) is 6.61 Å². The smallest absolute Gasteiger partial charge is 0.387 e. The van der Waals surface area contributed by atoms with E-state index in [0.29, 0.717) is 0 Å². The molecule has 0 radical (unpaired) electrons. The number of aliphatic hydroxyl groups excluding tert-OH is 1. The van der Waals surface area contributed by atoms with Crippen molar-refractivity contribution in [1.82, 2.24) is 0 Å². The van der Waals surface area contributed by atoms with Gasteiger partial charge in [0, 0.05) is 0 Å². The summed E-state index contributed by atoms with van der Waals surface area (Å²) >= 11 is 0. The predicted molar refractivity (Wildman–Crippen MR) is 93.0 cm³/mol. The summed E-state index contributed by atoms with van der Waals surface area (Å²) in [6.45, 7) is 1.84. The third-order valence-corrected chi connectivity index (χ3v) is 4.17. The van der Waals surface area contributed by atoms with Crippen molar-refractivity contribution in [1.29, 1.82) is 0 Å². The third-order valence-electron chi connectivity index (χ3n) is 3.68. The van der Waals surface area contributed by atoms with Crippen molar-refractivity contribution < 1.29 is 24.0 Å². The van der Waals surface area contributed by atoms with Gasteiger partial charge in [0.05, 0.1) is 18.8 Å². The summed E-state index contributed by atoms with van der Waals surface area (Å²) < 4.78 is 14.8. The van der Waals surface area contributed by atoms with Crippen LogP contribution in [0.5, 0.6) is 0 Å². The Labute approximate surface area is 140 Å². The summed E-state index contributed by atoms with van der Waals surface area (Å²) in [7, 11) is -4.53. The molecular formula is C16H34NO5P. The number of unbranched alkanes of at least 4 members (excludes halogenated alkanes) is 9. The summed E-state index contributed by atoms with van der Waals surface area (Å²) in [5.74, 6) is 0. The molecule has 0 aromatic carbocycles. The van der Waals surface area contributed by atoms with Gasteiger partial charge < -0.3 is 20.6 Å². The fraction of sp³-hybridized carbons (Fsp3) is 0.875. The highest BCUT2D eigenvalue weighted by Gasteiger charge is 2.19. The number of hydrogen-bond donors (Lipinski definition) is 4. The standard InChI is InChI=1S/C16H34NO5P/c1-2-3-4-5-6-7-8-9-10-11-12-13-16(18)15(17)14-22-23(19,20)21/h12-13,15-16,18H,2-11,14,17H2,1H3,(H2,19,20,21)/b13-12-/t15-,16+/m1/s1. The molecule has 0 amide bonds. The molecule has 2 atom stereocenters. The fourth-order valence-corrected chi connectivity index (χ4v) is 2.60. The van der Waals surface area contributed by atoms with Crippen molar-refractivity contribution in [2.75, 3.05) is 6.61 Å². The van der Waals surface area contributed by atoms with Crippen LogP contribution in [-0.4, -0.2) is 33.6 Å². The van der Waals surface area contributed by atoms with Gasteiger partial charge in [0.25, 0.3) is 0 Å². The topological polar surface area (TPSA) is 113 Å². The van der Waals surface area contributed by atoms with Crippen LogP contribution in [0.25, 0.3) is 0 Å². The molecule has 5 N–H and O–H groups in total. The molecule has 0 saturated heterocycles. The van der Waals surface area contributed by atoms with Crippen LogP contribution in [0.4, 0.5) is 0 Å². The molecule has 6 nitrogen and oxygen atoms in total. The molecule has 0 aromatic rings. The van der Waals surface area contributed by atoms with Crippen LogP contribution in [0.1, 0.15) is 71.1 Å². The number of allylic oxidation sites excluding steroid dienone is 1. The summed E-state index contributed by atoms with van der Waals surface area (Å²) in [6.07, 6.45) is 14.8. The molecule has 0 bridgehead atoms. The molecule has 0 fully saturated rings. The van der Waals surface area contributed by atoms with Crippen molar-refractivity contribution in [2.45, 2.75) is 83.3 Å². The van der Waals surface area contributed by atoms with Crippen LogP contribution in [0, 0.1) is 0 Å². The van der Waals surface area contributed by atoms with Crippen LogP contribution in [0.2, 0.25) is 0 Å². The lowest BCUT2D eigenvalue weighted by Gasteiger charge is -2.15. The van der Waals surface area contributed by atoms with Crippen LogP contribution >= 0.6 is 7.82 Å². The highest BCUT2D eigenvalue weighted by molar-refractivity contribution is 7.46. The maximum Gasteiger partial charge on any atom is 0.469 e. The van der Waals surface area contributed by atoms with Crippen molar-refractivity contribution in [3.05, 3.63) is 12.2 Å². The first kappa shape index (κ1) is 22.8. The van der Waals surface area contributed by atoms with Crippen LogP contribution in [0.3, 0.4) is 0 Å². The predicted octanol–water partition coefficient (Wildman–Crippen LogP) is 3.26. The Morgan fingerprint density at radius 3 is 2.09 bits per heavy atom. The summed E-state index contributed by atoms with van der Waals surface area (Å²) in [6, 6.07) is -0.845. The van der Waals surface area contributed by atoms with E-state index in [1.807, 2.05) is 6.08 Å². The number of phosphoric acid groups is 1. The minimum absolute atomic E-state index is 0.381. The summed E-state index contributed by atoms with van der Waals surface area (Å²) in [4.78, 5) is 17.1. The SMILES string of the molecule is CCCCCCCCCCC/C=C\[C@H](O)[C@H](N)COP(=O)(O)O. The molecule has 0 heterocycles. The first-order valence-electron chi connectivity index (χ1n) is 8.67. The van der Waals surface area contributed by atoms with E-state index >= 15 is 0 Å². The van der Waals surface area contributed by atoms with E-state index < -0.39 is 20.0 Å². The summed E-state index contributed by atoms with van der Waals surface area (Å²) in [5.41, 5.74) is 5.59. The van der Waals surface area contributed by atoms with Crippen LogP contribution in [-0.2, 0) is 9.09 Å². The molecule has 0 saturated carbocycles. The number of nitrogens with two attached hydrogens (primary N) is 1. The van der Waals surface area contributed by atoms with E-state index in [4.69, 9.17) is 15.5 Å². The molecule has 138 valence electrons. The van der Waals surface area contributed by atoms with Crippen molar-refractivity contribution in [3.8, 4) is 0 Å². The Morgan fingerprint density at radius 2 is 1.57 bits per heavy atom. The number of aliphatic hydroxyl groups is 1. The molecule has 0 aliphatic carbocycles. The Kier molecular flexibility index (Phi) is 14.0. The van der Waals surface area contributed by atoms with Gasteiger partial charge in [-0.2, -0.15) is 0 Å². The van der Waals surface area contributed by atoms with Gasteiger partial charge in [-0.1, -0.05) is 70.4 Å². The van der Waals surface area contributed by atoms with E-state index in [9.17, 15) is 9.67 Å². The van der Waals surface area contributed by atoms with Crippen molar-refractivity contribution >= 4 is 7.82 Å². The Bertz CT molecular complexity index is 345. The molecule has 0 aliphatic rings. The first-order valence-corrected chi connectivity index (χ1v) is 10.2. The second-order valence-electron chi connectivity index (χ2n) is 5.99. The van der Waals surface area contributed by atoms with E-state index in [0.717, 1.165) is 12.8 Å². The Balaban J connectivity index is 3.52. The van der Waals surface area contributed by atoms with Gasteiger partial charge in [-0.3, -0.25) is 4.52 Å². The Morgan fingerprint density at radius 1 is 1.04 bits per heavy atom. The summed E-state index contributed by atoms with van der Waals surface area (Å²) in [5, 5.41) is 9.71. The van der Waals surface area contributed by atoms with Gasteiger partial charge in [-0.05, 0) is 12.8 Å². The van der Waals surface area contributed by atoms with E-state index in [2.05, 4.69) is 11.4 Å². The highest BCUT2D eigenvalue weighted by Crippen LogP contribution is 2.35. The first-order chi connectivity index (χ1) is 10.9. The zero-order valence-corrected chi connectivity index (χ0v) is 15.2. The monoisotopic (exact) mass is 351 g/mol. The normalized spacial score (nSPS) is 15.2. The van der Waals surface area contributed by atoms with Gasteiger partial charge in [0.2, 0.25) is 0 Å². The minimum Gasteiger partial charge on any atom is -0.387 e. The van der Waals surface area contributed by atoms with Gasteiger partial charge in [0.15, 0.2) is 0 Å². The number of hydrogen-bond acceptors (Lipinski definition) is 4. The lowest BCUT2D eigenvalue weighted by Crippen LogP contribution is -2.37. The fourth-order valence-electron chi connectivity index (χ4n) is 2.23. The van der Waals surface area contributed by atoms with Crippen molar-refractivity contribution in [2.24, 2.45) is 5.73 Å². The molecule has 0 spiro atoms. The molecule has 0 unspecified atom stereocenters. The zero-order chi connectivity index (χ0) is 17.6.